The van der Waals surface area contributed by atoms with Gasteiger partial charge >= 0.3 is 11.1 Å². The molecule has 0 unspecified atom stereocenters. The van der Waals surface area contributed by atoms with E-state index in [4.69, 9.17) is 0 Å². The minimum atomic E-state index is -0.793. The quantitative estimate of drug-likeness (QED) is 0.409. The number of carbonyl (C=O) groups excluding carboxylic acids is 2. The van der Waals surface area contributed by atoms with Crippen molar-refractivity contribution in [1.29, 1.82) is 0 Å². The number of amides is 1. The number of rotatable bonds is 5. The van der Waals surface area contributed by atoms with Crippen molar-refractivity contribution in [2.45, 2.75) is 5.16 Å². The number of nitrogens with zero attached hydrogens (tertiary/aromatic N) is 1. The van der Waals surface area contributed by atoms with Gasteiger partial charge in [-0.25, -0.2) is 18.7 Å². The van der Waals surface area contributed by atoms with Crippen molar-refractivity contribution >= 4 is 40.4 Å². The highest BCUT2D eigenvalue weighted by Gasteiger charge is 2.18. The number of aryl methyl sites for hydroxylation is 1. The van der Waals surface area contributed by atoms with Crippen molar-refractivity contribution in [3.8, 4) is 0 Å². The average molecular weight is 374 g/mol. The van der Waals surface area contributed by atoms with Crippen LogP contribution in [0.25, 0.3) is 11.0 Å². The summed E-state index contributed by atoms with van der Waals surface area (Å²) >= 11 is 1.35. The van der Waals surface area contributed by atoms with Crippen LogP contribution in [0.4, 0.5) is 10.1 Å². The van der Waals surface area contributed by atoms with E-state index in [-0.39, 0.29) is 17.2 Å². The molecule has 1 aromatic heterocycles. The number of H-pyrrole nitrogens is 1. The summed E-state index contributed by atoms with van der Waals surface area (Å²) in [6.07, 6.45) is 0. The summed E-state index contributed by atoms with van der Waals surface area (Å²) in [4.78, 5) is 27.0. The number of hydrogen-bond acceptors (Lipinski definition) is 4. The van der Waals surface area contributed by atoms with Gasteiger partial charge in [-0.15, -0.1) is 0 Å². The molecule has 2 N–H and O–H groups in total. The predicted molar refractivity (Wildman–Crippen MR) is 96.6 cm³/mol. The van der Waals surface area contributed by atoms with E-state index < -0.39 is 11.8 Å². The van der Waals surface area contributed by atoms with Gasteiger partial charge in [0.1, 0.15) is 5.82 Å². The zero-order valence-electron chi connectivity index (χ0n) is 14.2. The number of imidazole rings is 1. The summed E-state index contributed by atoms with van der Waals surface area (Å²) in [5.74, 6) is -1.60. The maximum absolute atomic E-state index is 13.6. The number of esters is 1. The topological polar surface area (TPSA) is 75.1 Å². The summed E-state index contributed by atoms with van der Waals surface area (Å²) in [5.41, 5.74) is 2.13. The van der Waals surface area contributed by atoms with E-state index in [1.807, 2.05) is 35.9 Å². The molecule has 0 atom stereocenters. The van der Waals surface area contributed by atoms with Crippen LogP contribution in [0.15, 0.2) is 47.6 Å². The number of hydrogen-bond donors (Lipinski definition) is 2. The highest BCUT2D eigenvalue weighted by Crippen LogP contribution is 2.19. The number of carbonyl (C=O) groups is 2. The maximum atomic E-state index is 13.6. The molecule has 0 aliphatic rings. The Kier molecular flexibility index (Phi) is 5.22. The van der Waals surface area contributed by atoms with Crippen molar-refractivity contribution in [2.24, 2.45) is 7.05 Å². The van der Waals surface area contributed by atoms with Crippen molar-refractivity contribution < 1.29 is 23.3 Å². The van der Waals surface area contributed by atoms with Crippen LogP contribution >= 0.6 is 11.8 Å². The molecular weight excluding hydrogens is 357 g/mol. The predicted octanol–water partition coefficient (Wildman–Crippen LogP) is 2.65. The molecule has 0 spiro atoms. The Morgan fingerprint density at radius 3 is 2.77 bits per heavy atom. The first-order valence-electron chi connectivity index (χ1n) is 7.77. The van der Waals surface area contributed by atoms with Gasteiger partial charge in [0.25, 0.3) is 0 Å². The van der Waals surface area contributed by atoms with Crippen LogP contribution < -0.4 is 9.88 Å². The molecule has 1 amide bonds. The molecule has 3 rings (SSSR count). The number of nitrogens with one attached hydrogen (secondary N) is 2. The number of para-hydroxylation sites is 2. The van der Waals surface area contributed by atoms with Gasteiger partial charge in [-0.1, -0.05) is 12.1 Å². The van der Waals surface area contributed by atoms with E-state index >= 15 is 0 Å². The molecule has 0 saturated carbocycles. The van der Waals surface area contributed by atoms with Crippen LogP contribution in [-0.4, -0.2) is 29.7 Å². The molecule has 8 heteroatoms. The maximum Gasteiger partial charge on any atom is 0.340 e. The summed E-state index contributed by atoms with van der Waals surface area (Å²) in [6, 6.07) is 11.6. The second-order valence-electron chi connectivity index (χ2n) is 5.53. The lowest BCUT2D eigenvalue weighted by molar-refractivity contribution is -0.683. The first kappa shape index (κ1) is 17.9. The zero-order valence-corrected chi connectivity index (χ0v) is 15.0. The Bertz CT molecular complexity index is 987. The van der Waals surface area contributed by atoms with E-state index in [0.29, 0.717) is 5.69 Å². The average Bonchev–Trinajstić information content (AvgIpc) is 2.97. The summed E-state index contributed by atoms with van der Waals surface area (Å²) in [6.45, 7) is 0. The third-order valence-corrected chi connectivity index (χ3v) is 4.86. The van der Waals surface area contributed by atoms with Crippen molar-refractivity contribution in [1.82, 2.24) is 4.98 Å². The highest BCUT2D eigenvalue weighted by atomic mass is 32.2. The van der Waals surface area contributed by atoms with E-state index in [2.05, 4.69) is 15.0 Å². The molecule has 0 aliphatic heterocycles. The Labute approximate surface area is 153 Å². The normalized spacial score (nSPS) is 10.7. The number of fused-ring (bicyclic) bond motifs is 1. The lowest BCUT2D eigenvalue weighted by Crippen LogP contribution is -2.29. The smallest absolute Gasteiger partial charge is 0.340 e. The summed E-state index contributed by atoms with van der Waals surface area (Å²) in [7, 11) is 3.09. The van der Waals surface area contributed by atoms with Gasteiger partial charge in [-0.2, -0.15) is 0 Å². The number of anilines is 1. The fourth-order valence-electron chi connectivity index (χ4n) is 2.51. The van der Waals surface area contributed by atoms with Crippen LogP contribution in [0.1, 0.15) is 10.4 Å². The number of benzene rings is 2. The molecule has 0 bridgehead atoms. The fraction of sp³-hybridized carbons (Fsp3) is 0.167. The lowest BCUT2D eigenvalue weighted by atomic mass is 10.2. The second-order valence-corrected chi connectivity index (χ2v) is 6.49. The number of methoxy groups -OCH3 is 1. The van der Waals surface area contributed by atoms with Crippen molar-refractivity contribution in [3.05, 3.63) is 53.8 Å². The van der Waals surface area contributed by atoms with Crippen molar-refractivity contribution in [2.75, 3.05) is 18.2 Å². The van der Waals surface area contributed by atoms with Gasteiger partial charge in [0.2, 0.25) is 5.91 Å². The van der Waals surface area contributed by atoms with Gasteiger partial charge in [0, 0.05) is 5.69 Å². The Morgan fingerprint density at radius 2 is 2.04 bits per heavy atom. The standard InChI is InChI=1S/C18H16FN3O3S/c1-22-15-6-4-3-5-14(15)21-18(22)26-10-16(23)20-11-7-8-13(19)12(9-11)17(24)25-2/h3-9H,10H2,1-2H3,(H,20,23)/p+1. The third-order valence-electron chi connectivity index (χ3n) is 3.81. The molecule has 134 valence electrons. The van der Waals surface area contributed by atoms with Crippen LogP contribution in [0.2, 0.25) is 0 Å². The fourth-order valence-corrected chi connectivity index (χ4v) is 3.33. The molecular formula is C18H17FN3O3S+. The number of ether oxygens (including phenoxy) is 1. The minimum absolute atomic E-state index is 0.158. The van der Waals surface area contributed by atoms with Gasteiger partial charge < -0.3 is 10.1 Å². The molecule has 26 heavy (non-hydrogen) atoms. The molecule has 0 fully saturated rings. The van der Waals surface area contributed by atoms with Crippen LogP contribution in [0.3, 0.4) is 0 Å². The number of aromatic amines is 1. The zero-order chi connectivity index (χ0) is 18.7. The van der Waals surface area contributed by atoms with Crippen molar-refractivity contribution in [3.63, 3.8) is 0 Å². The first-order valence-corrected chi connectivity index (χ1v) is 8.75. The Balaban J connectivity index is 1.67. The Morgan fingerprint density at radius 1 is 1.27 bits per heavy atom. The third kappa shape index (κ3) is 3.70. The van der Waals surface area contributed by atoms with Gasteiger partial charge in [0.15, 0.2) is 11.0 Å². The lowest BCUT2D eigenvalue weighted by Gasteiger charge is -2.07. The number of thioether (sulfide) groups is 1. The second kappa shape index (κ2) is 7.57. The monoisotopic (exact) mass is 374 g/mol. The van der Waals surface area contributed by atoms with Gasteiger partial charge in [-0.05, 0) is 42.1 Å². The van der Waals surface area contributed by atoms with Crippen LogP contribution in [0, 0.1) is 5.82 Å². The van der Waals surface area contributed by atoms with E-state index in [9.17, 15) is 14.0 Å². The van der Waals surface area contributed by atoms with E-state index in [0.717, 1.165) is 22.3 Å². The minimum Gasteiger partial charge on any atom is -0.465 e. The van der Waals surface area contributed by atoms with Crippen LogP contribution in [-0.2, 0) is 16.6 Å². The largest absolute Gasteiger partial charge is 0.465 e. The van der Waals surface area contributed by atoms with E-state index in [1.165, 1.54) is 31.0 Å². The van der Waals surface area contributed by atoms with Crippen LogP contribution in [0.5, 0.6) is 0 Å². The molecule has 6 nitrogen and oxygen atoms in total. The molecule has 0 aliphatic carbocycles. The molecule has 0 radical (unpaired) electrons. The van der Waals surface area contributed by atoms with E-state index in [1.54, 1.807) is 0 Å². The summed E-state index contributed by atoms with van der Waals surface area (Å²) < 4.78 is 20.1. The number of aromatic nitrogens is 2. The van der Waals surface area contributed by atoms with Gasteiger partial charge in [-0.3, -0.25) is 4.79 Å². The first-order chi connectivity index (χ1) is 12.5. The Hall–Kier alpha value is -2.87. The summed E-state index contributed by atoms with van der Waals surface area (Å²) in [5, 5.41) is 3.50. The molecule has 1 heterocycles. The highest BCUT2D eigenvalue weighted by molar-refractivity contribution is 7.99. The SMILES string of the molecule is COC(=O)c1cc(NC(=O)CSc2[nH]c3ccccc3[n+]2C)ccc1F. The molecule has 3 aromatic rings. The number of halogens is 1. The molecule has 2 aromatic carbocycles. The van der Waals surface area contributed by atoms with Gasteiger partial charge in [0.05, 0.1) is 25.5 Å². The molecule has 0 saturated heterocycles.